The van der Waals surface area contributed by atoms with Gasteiger partial charge in [0.2, 0.25) is 5.91 Å². The summed E-state index contributed by atoms with van der Waals surface area (Å²) in [6.45, 7) is 1.74. The van der Waals surface area contributed by atoms with E-state index >= 15 is 0 Å². The van der Waals surface area contributed by atoms with Gasteiger partial charge < -0.3 is 10.6 Å². The molecule has 1 fully saturated rings. The maximum absolute atomic E-state index is 12.0. The van der Waals surface area contributed by atoms with E-state index < -0.39 is 0 Å². The molecule has 0 bridgehead atoms. The Morgan fingerprint density at radius 3 is 3.12 bits per heavy atom. The van der Waals surface area contributed by atoms with Crippen molar-refractivity contribution in [3.63, 3.8) is 0 Å². The molecule has 2 N–H and O–H groups in total. The summed E-state index contributed by atoms with van der Waals surface area (Å²) in [5.74, 6) is 2.38. The second-order valence-electron chi connectivity index (χ2n) is 3.70. The number of carbonyl (C=O) groups excluding carboxylic acids is 1. The molecule has 1 aromatic heterocycles. The molecule has 1 aromatic rings. The molecule has 2 rings (SSSR count). The highest BCUT2D eigenvalue weighted by molar-refractivity contribution is 7.99. The first-order valence-electron chi connectivity index (χ1n) is 5.31. The highest BCUT2D eigenvalue weighted by Gasteiger charge is 2.16. The summed E-state index contributed by atoms with van der Waals surface area (Å²) in [6.07, 6.45) is 1.48. The normalized spacial score (nSPS) is 17.1. The van der Waals surface area contributed by atoms with Crippen molar-refractivity contribution in [3.05, 3.63) is 11.1 Å². The quantitative estimate of drug-likeness (QED) is 0.866. The topological polar surface area (TPSA) is 59.2 Å². The Kier molecular flexibility index (Phi) is 4.06. The van der Waals surface area contributed by atoms with Crippen molar-refractivity contribution in [2.24, 2.45) is 0 Å². The Bertz CT molecular complexity index is 359. The summed E-state index contributed by atoms with van der Waals surface area (Å²) in [5, 5.41) is 2.40. The summed E-state index contributed by atoms with van der Waals surface area (Å²) < 4.78 is 0. The lowest BCUT2D eigenvalue weighted by Gasteiger charge is -2.19. The molecule has 1 aliphatic heterocycles. The van der Waals surface area contributed by atoms with E-state index in [2.05, 4.69) is 4.98 Å². The summed E-state index contributed by atoms with van der Waals surface area (Å²) in [5.41, 5.74) is 6.33. The minimum Gasteiger partial charge on any atom is -0.375 e. The van der Waals surface area contributed by atoms with E-state index in [-0.39, 0.29) is 5.91 Å². The van der Waals surface area contributed by atoms with Crippen molar-refractivity contribution in [1.82, 2.24) is 9.88 Å². The van der Waals surface area contributed by atoms with Gasteiger partial charge in [-0.1, -0.05) is 0 Å². The number of thiazole rings is 1. The number of hydrogen-bond acceptors (Lipinski definition) is 5. The summed E-state index contributed by atoms with van der Waals surface area (Å²) in [7, 11) is 0. The van der Waals surface area contributed by atoms with Gasteiger partial charge in [-0.15, -0.1) is 11.3 Å². The number of nitrogens with zero attached hydrogens (tertiary/aromatic N) is 2. The van der Waals surface area contributed by atoms with Crippen molar-refractivity contribution in [3.8, 4) is 0 Å². The van der Waals surface area contributed by atoms with E-state index in [1.165, 1.54) is 11.3 Å². The lowest BCUT2D eigenvalue weighted by atomic mass is 10.3. The average Bonchev–Trinajstić information content (AvgIpc) is 2.56. The van der Waals surface area contributed by atoms with Crippen LogP contribution in [0.15, 0.2) is 5.38 Å². The molecule has 2 heterocycles. The standard InChI is InChI=1S/C10H15N3OS2/c11-10-12-8(7-16-10)6-9(14)13-2-1-4-15-5-3-13/h7H,1-6H2,(H2,11,12). The van der Waals surface area contributed by atoms with Crippen molar-refractivity contribution < 1.29 is 4.79 Å². The van der Waals surface area contributed by atoms with Crippen molar-refractivity contribution >= 4 is 34.1 Å². The zero-order chi connectivity index (χ0) is 11.4. The molecule has 0 unspecified atom stereocenters. The molecule has 1 aliphatic rings. The number of thioether (sulfide) groups is 1. The number of carbonyl (C=O) groups is 1. The molecule has 1 saturated heterocycles. The molecule has 0 aromatic carbocycles. The van der Waals surface area contributed by atoms with Crippen LogP contribution in [0.2, 0.25) is 0 Å². The summed E-state index contributed by atoms with van der Waals surface area (Å²) >= 11 is 3.31. The first-order chi connectivity index (χ1) is 7.75. The number of nitrogen functional groups attached to an aromatic ring is 1. The predicted molar refractivity (Wildman–Crippen MR) is 68.8 cm³/mol. The Hall–Kier alpha value is -0.750. The molecule has 0 spiro atoms. The first-order valence-corrected chi connectivity index (χ1v) is 7.34. The second kappa shape index (κ2) is 5.54. The van der Waals surface area contributed by atoms with Crippen molar-refractivity contribution in [2.45, 2.75) is 12.8 Å². The van der Waals surface area contributed by atoms with Crippen LogP contribution in [0.25, 0.3) is 0 Å². The molecule has 0 radical (unpaired) electrons. The molecule has 0 aliphatic carbocycles. The maximum atomic E-state index is 12.0. The van der Waals surface area contributed by atoms with Crippen LogP contribution in [0, 0.1) is 0 Å². The van der Waals surface area contributed by atoms with Crippen LogP contribution in [-0.2, 0) is 11.2 Å². The Labute approximate surface area is 103 Å². The van der Waals surface area contributed by atoms with E-state index in [9.17, 15) is 4.79 Å². The lowest BCUT2D eigenvalue weighted by Crippen LogP contribution is -2.34. The molecular formula is C10H15N3OS2. The average molecular weight is 257 g/mol. The van der Waals surface area contributed by atoms with Crippen LogP contribution in [-0.4, -0.2) is 40.4 Å². The van der Waals surface area contributed by atoms with Gasteiger partial charge in [-0.25, -0.2) is 4.98 Å². The molecule has 0 saturated carbocycles. The largest absolute Gasteiger partial charge is 0.375 e. The van der Waals surface area contributed by atoms with Gasteiger partial charge in [-0.2, -0.15) is 11.8 Å². The Balaban J connectivity index is 1.91. The first kappa shape index (κ1) is 11.7. The van der Waals surface area contributed by atoms with Gasteiger partial charge in [0.25, 0.3) is 0 Å². The number of nitrogens with two attached hydrogens (primary N) is 1. The maximum Gasteiger partial charge on any atom is 0.228 e. The minimum atomic E-state index is 0.174. The highest BCUT2D eigenvalue weighted by atomic mass is 32.2. The Morgan fingerprint density at radius 1 is 1.50 bits per heavy atom. The highest BCUT2D eigenvalue weighted by Crippen LogP contribution is 2.14. The molecule has 6 heteroatoms. The third-order valence-corrected chi connectivity index (χ3v) is 4.25. The van der Waals surface area contributed by atoms with Crippen LogP contribution in [0.1, 0.15) is 12.1 Å². The molecular weight excluding hydrogens is 242 g/mol. The fraction of sp³-hybridized carbons (Fsp3) is 0.600. The third-order valence-electron chi connectivity index (χ3n) is 2.48. The smallest absolute Gasteiger partial charge is 0.228 e. The molecule has 16 heavy (non-hydrogen) atoms. The van der Waals surface area contributed by atoms with E-state index in [4.69, 9.17) is 5.73 Å². The zero-order valence-electron chi connectivity index (χ0n) is 9.02. The fourth-order valence-corrected chi connectivity index (χ4v) is 3.12. The van der Waals surface area contributed by atoms with E-state index in [0.29, 0.717) is 11.6 Å². The van der Waals surface area contributed by atoms with Gasteiger partial charge in [-0.3, -0.25) is 4.79 Å². The zero-order valence-corrected chi connectivity index (χ0v) is 10.6. The van der Waals surface area contributed by atoms with E-state index in [0.717, 1.165) is 36.7 Å². The third kappa shape index (κ3) is 3.12. The van der Waals surface area contributed by atoms with E-state index in [1.54, 1.807) is 0 Å². The fourth-order valence-electron chi connectivity index (χ4n) is 1.67. The van der Waals surface area contributed by atoms with Gasteiger partial charge >= 0.3 is 0 Å². The van der Waals surface area contributed by atoms with Crippen LogP contribution in [0.3, 0.4) is 0 Å². The molecule has 0 atom stereocenters. The van der Waals surface area contributed by atoms with Gasteiger partial charge in [0, 0.05) is 24.2 Å². The van der Waals surface area contributed by atoms with Crippen LogP contribution >= 0.6 is 23.1 Å². The van der Waals surface area contributed by atoms with Crippen molar-refractivity contribution in [1.29, 1.82) is 0 Å². The predicted octanol–water partition coefficient (Wildman–Crippen LogP) is 1.23. The van der Waals surface area contributed by atoms with Crippen molar-refractivity contribution in [2.75, 3.05) is 30.3 Å². The number of rotatable bonds is 2. The van der Waals surface area contributed by atoms with Gasteiger partial charge in [-0.05, 0) is 12.2 Å². The van der Waals surface area contributed by atoms with Gasteiger partial charge in [0.15, 0.2) is 5.13 Å². The SMILES string of the molecule is Nc1nc(CC(=O)N2CCCSCC2)cs1. The monoisotopic (exact) mass is 257 g/mol. The number of aromatic nitrogens is 1. The van der Waals surface area contributed by atoms with E-state index in [1.807, 2.05) is 22.0 Å². The number of hydrogen-bond donors (Lipinski definition) is 1. The molecule has 1 amide bonds. The number of anilines is 1. The van der Waals surface area contributed by atoms with Crippen LogP contribution in [0.4, 0.5) is 5.13 Å². The van der Waals surface area contributed by atoms with Crippen LogP contribution in [0.5, 0.6) is 0 Å². The molecule has 4 nitrogen and oxygen atoms in total. The summed E-state index contributed by atoms with van der Waals surface area (Å²) in [4.78, 5) is 18.0. The molecule has 88 valence electrons. The number of amides is 1. The van der Waals surface area contributed by atoms with Gasteiger partial charge in [0.05, 0.1) is 12.1 Å². The van der Waals surface area contributed by atoms with Gasteiger partial charge in [0.1, 0.15) is 0 Å². The second-order valence-corrected chi connectivity index (χ2v) is 5.81. The lowest BCUT2D eigenvalue weighted by molar-refractivity contribution is -0.130. The minimum absolute atomic E-state index is 0.174. The van der Waals surface area contributed by atoms with Crippen LogP contribution < -0.4 is 5.73 Å². The summed E-state index contributed by atoms with van der Waals surface area (Å²) in [6, 6.07) is 0. The Morgan fingerprint density at radius 2 is 2.38 bits per heavy atom.